The molecule has 1 aliphatic rings. The number of carboxylic acids is 1. The molecular formula is C16H17NO5. The fraction of sp³-hybridized carbons (Fsp3) is 0.375. The summed E-state index contributed by atoms with van der Waals surface area (Å²) in [6.07, 6.45) is 5.41. The van der Waals surface area contributed by atoms with Gasteiger partial charge in [-0.2, -0.15) is 0 Å². The number of aromatic carboxylic acids is 1. The Morgan fingerprint density at radius 2 is 1.95 bits per heavy atom. The SMILES string of the molecule is O=C(O)c1ccc(C(=O)N2CCCCCC2c2ccco2)o1. The Morgan fingerprint density at radius 3 is 2.64 bits per heavy atom. The van der Waals surface area contributed by atoms with Crippen molar-refractivity contribution in [1.82, 2.24) is 4.90 Å². The van der Waals surface area contributed by atoms with Gasteiger partial charge in [-0.1, -0.05) is 12.8 Å². The van der Waals surface area contributed by atoms with Crippen LogP contribution in [0, 0.1) is 0 Å². The number of hydrogen-bond donors (Lipinski definition) is 1. The van der Waals surface area contributed by atoms with Crippen LogP contribution in [0.5, 0.6) is 0 Å². The molecule has 0 bridgehead atoms. The molecule has 0 aromatic carbocycles. The van der Waals surface area contributed by atoms with Gasteiger partial charge in [0.05, 0.1) is 12.3 Å². The number of carbonyl (C=O) groups excluding carboxylic acids is 1. The van der Waals surface area contributed by atoms with Gasteiger partial charge >= 0.3 is 5.97 Å². The van der Waals surface area contributed by atoms with Crippen molar-refractivity contribution >= 4 is 11.9 Å². The minimum absolute atomic E-state index is 0.0517. The maximum absolute atomic E-state index is 12.7. The first-order chi connectivity index (χ1) is 10.7. The molecule has 1 aliphatic heterocycles. The summed E-state index contributed by atoms with van der Waals surface area (Å²) in [5.74, 6) is -0.905. The zero-order valence-corrected chi connectivity index (χ0v) is 12.0. The first-order valence-corrected chi connectivity index (χ1v) is 7.34. The van der Waals surface area contributed by atoms with E-state index in [9.17, 15) is 9.59 Å². The molecule has 1 N–H and O–H groups in total. The predicted molar refractivity (Wildman–Crippen MR) is 76.6 cm³/mol. The van der Waals surface area contributed by atoms with Crippen molar-refractivity contribution in [3.63, 3.8) is 0 Å². The van der Waals surface area contributed by atoms with E-state index in [0.29, 0.717) is 6.54 Å². The maximum atomic E-state index is 12.7. The lowest BCUT2D eigenvalue weighted by Crippen LogP contribution is -2.34. The van der Waals surface area contributed by atoms with Crippen molar-refractivity contribution in [3.8, 4) is 0 Å². The highest BCUT2D eigenvalue weighted by Gasteiger charge is 2.31. The summed E-state index contributed by atoms with van der Waals surface area (Å²) >= 11 is 0. The number of amides is 1. The van der Waals surface area contributed by atoms with E-state index in [4.69, 9.17) is 13.9 Å². The summed E-state index contributed by atoms with van der Waals surface area (Å²) < 4.78 is 10.6. The average Bonchev–Trinajstić information content (AvgIpc) is 3.14. The maximum Gasteiger partial charge on any atom is 0.371 e. The van der Waals surface area contributed by atoms with E-state index >= 15 is 0 Å². The third-order valence-corrected chi connectivity index (χ3v) is 3.91. The lowest BCUT2D eigenvalue weighted by atomic mass is 10.1. The Kier molecular flexibility index (Phi) is 4.00. The second kappa shape index (κ2) is 6.09. The molecule has 6 nitrogen and oxygen atoms in total. The molecule has 1 fully saturated rings. The highest BCUT2D eigenvalue weighted by atomic mass is 16.4. The van der Waals surface area contributed by atoms with Crippen LogP contribution in [0.4, 0.5) is 0 Å². The average molecular weight is 303 g/mol. The van der Waals surface area contributed by atoms with E-state index < -0.39 is 5.97 Å². The molecular weight excluding hydrogens is 286 g/mol. The molecule has 22 heavy (non-hydrogen) atoms. The quantitative estimate of drug-likeness (QED) is 0.940. The molecule has 3 heterocycles. The van der Waals surface area contributed by atoms with E-state index in [0.717, 1.165) is 31.4 Å². The van der Waals surface area contributed by atoms with Gasteiger partial charge in [0.15, 0.2) is 5.76 Å². The predicted octanol–water partition coefficient (Wildman–Crippen LogP) is 3.33. The summed E-state index contributed by atoms with van der Waals surface area (Å²) in [5.41, 5.74) is 0. The van der Waals surface area contributed by atoms with Gasteiger partial charge < -0.3 is 18.8 Å². The van der Waals surface area contributed by atoms with Crippen LogP contribution in [0.3, 0.4) is 0 Å². The number of carboxylic acid groups (broad SMARTS) is 1. The van der Waals surface area contributed by atoms with Crippen LogP contribution in [-0.4, -0.2) is 28.4 Å². The highest BCUT2D eigenvalue weighted by molar-refractivity contribution is 5.93. The van der Waals surface area contributed by atoms with Gasteiger partial charge in [-0.25, -0.2) is 4.79 Å². The number of rotatable bonds is 3. The van der Waals surface area contributed by atoms with Crippen molar-refractivity contribution in [2.45, 2.75) is 31.7 Å². The van der Waals surface area contributed by atoms with E-state index in [1.54, 1.807) is 17.2 Å². The van der Waals surface area contributed by atoms with E-state index in [1.807, 2.05) is 6.07 Å². The summed E-state index contributed by atoms with van der Waals surface area (Å²) in [5, 5.41) is 8.90. The van der Waals surface area contributed by atoms with Crippen molar-refractivity contribution in [2.24, 2.45) is 0 Å². The monoisotopic (exact) mass is 303 g/mol. The van der Waals surface area contributed by atoms with Gasteiger partial charge in [0.2, 0.25) is 5.76 Å². The van der Waals surface area contributed by atoms with Crippen molar-refractivity contribution in [3.05, 3.63) is 47.8 Å². The van der Waals surface area contributed by atoms with Crippen LogP contribution in [-0.2, 0) is 0 Å². The van der Waals surface area contributed by atoms with Crippen LogP contribution in [0.15, 0.2) is 39.4 Å². The van der Waals surface area contributed by atoms with Gasteiger partial charge in [0.25, 0.3) is 5.91 Å². The minimum Gasteiger partial charge on any atom is -0.475 e. The van der Waals surface area contributed by atoms with Gasteiger partial charge in [-0.3, -0.25) is 4.79 Å². The summed E-state index contributed by atoms with van der Waals surface area (Å²) in [6, 6.07) is 6.24. The normalized spacial score (nSPS) is 18.9. The first-order valence-electron chi connectivity index (χ1n) is 7.34. The second-order valence-corrected chi connectivity index (χ2v) is 5.35. The molecule has 1 amide bonds. The van der Waals surface area contributed by atoms with Crippen LogP contribution in [0.2, 0.25) is 0 Å². The Hall–Kier alpha value is -2.50. The lowest BCUT2D eigenvalue weighted by Gasteiger charge is -2.27. The largest absolute Gasteiger partial charge is 0.475 e. The highest BCUT2D eigenvalue weighted by Crippen LogP contribution is 2.31. The third kappa shape index (κ3) is 2.77. The fourth-order valence-electron chi connectivity index (χ4n) is 2.84. The molecule has 0 radical (unpaired) electrons. The molecule has 6 heteroatoms. The van der Waals surface area contributed by atoms with E-state index in [2.05, 4.69) is 0 Å². The Balaban J connectivity index is 1.88. The summed E-state index contributed by atoms with van der Waals surface area (Å²) in [6.45, 7) is 0.604. The first kappa shape index (κ1) is 14.4. The molecule has 0 aliphatic carbocycles. The topological polar surface area (TPSA) is 83.9 Å². The number of furan rings is 2. The molecule has 1 atom stereocenters. The molecule has 2 aromatic rings. The number of carbonyl (C=O) groups is 2. The van der Waals surface area contributed by atoms with Crippen LogP contribution in [0.1, 0.15) is 58.6 Å². The molecule has 3 rings (SSSR count). The Labute approximate surface area is 127 Å². The Morgan fingerprint density at radius 1 is 1.14 bits per heavy atom. The van der Waals surface area contributed by atoms with Gasteiger partial charge in [0, 0.05) is 6.54 Å². The third-order valence-electron chi connectivity index (χ3n) is 3.91. The minimum atomic E-state index is -1.18. The number of nitrogens with zero attached hydrogens (tertiary/aromatic N) is 1. The van der Waals surface area contributed by atoms with Crippen LogP contribution < -0.4 is 0 Å². The number of likely N-dealkylation sites (tertiary alicyclic amines) is 1. The van der Waals surface area contributed by atoms with Crippen LogP contribution >= 0.6 is 0 Å². The molecule has 116 valence electrons. The summed E-state index contributed by atoms with van der Waals surface area (Å²) in [7, 11) is 0. The Bertz CT molecular complexity index is 658. The van der Waals surface area contributed by atoms with Gasteiger partial charge in [-0.15, -0.1) is 0 Å². The molecule has 1 saturated heterocycles. The van der Waals surface area contributed by atoms with Crippen molar-refractivity contribution in [1.29, 1.82) is 0 Å². The molecule has 0 spiro atoms. The second-order valence-electron chi connectivity index (χ2n) is 5.35. The van der Waals surface area contributed by atoms with Crippen molar-refractivity contribution < 1.29 is 23.5 Å². The molecule has 1 unspecified atom stereocenters. The van der Waals surface area contributed by atoms with E-state index in [1.165, 1.54) is 12.1 Å². The lowest BCUT2D eigenvalue weighted by molar-refractivity contribution is 0.0607. The molecule has 2 aromatic heterocycles. The van der Waals surface area contributed by atoms with Gasteiger partial charge in [0.1, 0.15) is 5.76 Å². The van der Waals surface area contributed by atoms with E-state index in [-0.39, 0.29) is 23.5 Å². The standard InChI is InChI=1S/C16H17NO5/c18-15(13-7-8-14(22-13)16(19)20)17-9-3-1-2-5-11(17)12-6-4-10-21-12/h4,6-8,10-11H,1-3,5,9H2,(H,19,20). The zero-order chi connectivity index (χ0) is 15.5. The molecule has 0 saturated carbocycles. The van der Waals surface area contributed by atoms with Gasteiger partial charge in [-0.05, 0) is 37.1 Å². The zero-order valence-electron chi connectivity index (χ0n) is 12.0. The van der Waals surface area contributed by atoms with Crippen LogP contribution in [0.25, 0.3) is 0 Å². The smallest absolute Gasteiger partial charge is 0.371 e. The summed E-state index contributed by atoms with van der Waals surface area (Å²) in [4.78, 5) is 25.3. The fourth-order valence-corrected chi connectivity index (χ4v) is 2.84. The van der Waals surface area contributed by atoms with Crippen molar-refractivity contribution in [2.75, 3.05) is 6.54 Å². The number of hydrogen-bond acceptors (Lipinski definition) is 4.